The summed E-state index contributed by atoms with van der Waals surface area (Å²) < 4.78 is 28.1. The van der Waals surface area contributed by atoms with Crippen LogP contribution in [-0.2, 0) is 20.9 Å². The van der Waals surface area contributed by atoms with Crippen molar-refractivity contribution in [1.29, 1.82) is 0 Å². The first-order valence-corrected chi connectivity index (χ1v) is 9.76. The Labute approximate surface area is 165 Å². The van der Waals surface area contributed by atoms with E-state index in [0.29, 0.717) is 12.8 Å². The average Bonchev–Trinajstić information content (AvgIpc) is 3.03. The maximum atomic E-state index is 14.4. The first-order chi connectivity index (χ1) is 13.3. The van der Waals surface area contributed by atoms with E-state index in [1.165, 1.54) is 30.6 Å². The first kappa shape index (κ1) is 18.8. The second kappa shape index (κ2) is 6.81. The minimum absolute atomic E-state index is 0.00977. The molecule has 1 aliphatic carbocycles. The van der Waals surface area contributed by atoms with Gasteiger partial charge in [-0.15, -0.1) is 0 Å². The van der Waals surface area contributed by atoms with Crippen molar-refractivity contribution in [2.75, 3.05) is 0 Å². The molecule has 1 amide bonds. The summed E-state index contributed by atoms with van der Waals surface area (Å²) in [5.41, 5.74) is 1.85. The van der Waals surface area contributed by atoms with E-state index < -0.39 is 16.5 Å². The molecule has 2 aliphatic rings. The number of nitrogens with zero attached hydrogens (tertiary/aromatic N) is 2. The van der Waals surface area contributed by atoms with Gasteiger partial charge in [-0.2, -0.15) is 5.10 Å². The smallest absolute Gasteiger partial charge is 0.241 e. The van der Waals surface area contributed by atoms with E-state index in [0.717, 1.165) is 29.3 Å². The molecule has 0 saturated heterocycles. The Bertz CT molecular complexity index is 1020. The monoisotopic (exact) mass is 400 g/mol. The fourth-order valence-corrected chi connectivity index (χ4v) is 5.49. The molecule has 0 radical (unpaired) electrons. The minimum Gasteiger partial charge on any atom is -0.300 e. The van der Waals surface area contributed by atoms with E-state index >= 15 is 0 Å². The van der Waals surface area contributed by atoms with Gasteiger partial charge in [0.05, 0.1) is 0 Å². The van der Waals surface area contributed by atoms with Crippen molar-refractivity contribution >= 4 is 28.5 Å². The van der Waals surface area contributed by atoms with Crippen molar-refractivity contribution in [3.05, 3.63) is 70.8 Å². The lowest BCUT2D eigenvalue weighted by Gasteiger charge is -2.42. The molecule has 4 rings (SSSR count). The second-order valence-electron chi connectivity index (χ2n) is 7.12. The van der Waals surface area contributed by atoms with Crippen LogP contribution in [0.15, 0.2) is 47.6 Å². The highest BCUT2D eigenvalue weighted by Gasteiger charge is 2.52. The lowest BCUT2D eigenvalue weighted by molar-refractivity contribution is -0.134. The SMILES string of the molecule is CC(=O)C1Cc2ccccc2C2(C1)SC(c1cc(F)ccc1F)=NN2C(C)=O. The molecule has 1 aliphatic heterocycles. The zero-order chi connectivity index (χ0) is 20.1. The molecule has 0 N–H and O–H groups in total. The topological polar surface area (TPSA) is 49.7 Å². The lowest BCUT2D eigenvalue weighted by atomic mass is 9.78. The molecule has 4 nitrogen and oxygen atoms in total. The molecular weight excluding hydrogens is 382 g/mol. The number of hydrogen-bond acceptors (Lipinski definition) is 4. The van der Waals surface area contributed by atoms with Crippen molar-refractivity contribution in [1.82, 2.24) is 5.01 Å². The van der Waals surface area contributed by atoms with Crippen LogP contribution in [0.4, 0.5) is 8.78 Å². The summed E-state index contributed by atoms with van der Waals surface area (Å²) in [5.74, 6) is -1.76. The molecule has 2 aromatic rings. The highest BCUT2D eigenvalue weighted by molar-refractivity contribution is 8.15. The Kier molecular flexibility index (Phi) is 4.57. The number of carbonyl (C=O) groups excluding carboxylic acids is 2. The zero-order valence-electron chi connectivity index (χ0n) is 15.4. The Hall–Kier alpha value is -2.54. The van der Waals surface area contributed by atoms with Gasteiger partial charge >= 0.3 is 0 Å². The molecule has 1 spiro atoms. The van der Waals surface area contributed by atoms with E-state index in [4.69, 9.17) is 0 Å². The summed E-state index contributed by atoms with van der Waals surface area (Å²) in [7, 11) is 0. The number of hydrazone groups is 1. The quantitative estimate of drug-likeness (QED) is 0.758. The number of Topliss-reactive ketones (excluding diaryl/α,β-unsaturated/α-hetero) is 1. The number of carbonyl (C=O) groups is 2. The normalized spacial score (nSPS) is 23.5. The Morgan fingerprint density at radius 1 is 1.18 bits per heavy atom. The number of benzene rings is 2. The second-order valence-corrected chi connectivity index (χ2v) is 8.39. The molecule has 0 aromatic heterocycles. The fraction of sp³-hybridized carbons (Fsp3) is 0.286. The number of rotatable bonds is 2. The molecule has 28 heavy (non-hydrogen) atoms. The number of fused-ring (bicyclic) bond motifs is 2. The van der Waals surface area contributed by atoms with Crippen LogP contribution in [0, 0.1) is 17.6 Å². The Balaban J connectivity index is 1.88. The van der Waals surface area contributed by atoms with Gasteiger partial charge in [-0.05, 0) is 49.1 Å². The van der Waals surface area contributed by atoms with Crippen LogP contribution in [0.1, 0.15) is 37.0 Å². The number of amides is 1. The van der Waals surface area contributed by atoms with Gasteiger partial charge in [0.2, 0.25) is 5.91 Å². The highest BCUT2D eigenvalue weighted by Crippen LogP contribution is 2.55. The van der Waals surface area contributed by atoms with E-state index in [-0.39, 0.29) is 28.2 Å². The number of thioether (sulfide) groups is 1. The predicted octanol–water partition coefficient (Wildman–Crippen LogP) is 4.23. The van der Waals surface area contributed by atoms with E-state index in [2.05, 4.69) is 5.10 Å². The van der Waals surface area contributed by atoms with Gasteiger partial charge in [-0.1, -0.05) is 36.0 Å². The zero-order valence-corrected chi connectivity index (χ0v) is 16.2. The van der Waals surface area contributed by atoms with Gasteiger partial charge in [-0.25, -0.2) is 13.8 Å². The third-order valence-corrected chi connectivity index (χ3v) is 6.65. The van der Waals surface area contributed by atoms with Crippen LogP contribution in [0.25, 0.3) is 0 Å². The molecule has 2 unspecified atom stereocenters. The van der Waals surface area contributed by atoms with Gasteiger partial charge in [0.1, 0.15) is 27.3 Å². The van der Waals surface area contributed by atoms with Crippen molar-refractivity contribution in [3.63, 3.8) is 0 Å². The van der Waals surface area contributed by atoms with Crippen LogP contribution in [0.3, 0.4) is 0 Å². The molecular formula is C21H18F2N2O2S. The largest absolute Gasteiger partial charge is 0.300 e. The van der Waals surface area contributed by atoms with Crippen LogP contribution >= 0.6 is 11.8 Å². The number of hydrogen-bond donors (Lipinski definition) is 0. The standard InChI is InChI=1S/C21H18F2N2O2S/c1-12(26)15-9-14-5-3-4-6-18(14)21(11-15)25(13(2)27)24-20(28-21)17-10-16(22)7-8-19(17)23/h3-8,10,15H,9,11H2,1-2H3. The summed E-state index contributed by atoms with van der Waals surface area (Å²) in [5, 5.41) is 5.93. The molecule has 1 heterocycles. The van der Waals surface area contributed by atoms with Crippen molar-refractivity contribution in [2.24, 2.45) is 11.0 Å². The van der Waals surface area contributed by atoms with Crippen molar-refractivity contribution in [2.45, 2.75) is 31.6 Å². The highest BCUT2D eigenvalue weighted by atomic mass is 32.2. The van der Waals surface area contributed by atoms with Gasteiger partial charge in [-0.3, -0.25) is 9.59 Å². The molecule has 2 aromatic carbocycles. The summed E-state index contributed by atoms with van der Waals surface area (Å²) in [6.07, 6.45) is 0.955. The van der Waals surface area contributed by atoms with Crippen LogP contribution in [0.2, 0.25) is 0 Å². The molecule has 7 heteroatoms. The fourth-order valence-electron chi connectivity index (χ4n) is 3.94. The summed E-state index contributed by atoms with van der Waals surface area (Å²) >= 11 is 1.21. The van der Waals surface area contributed by atoms with E-state index in [1.807, 2.05) is 24.3 Å². The Morgan fingerprint density at radius 2 is 1.93 bits per heavy atom. The molecule has 2 atom stereocenters. The van der Waals surface area contributed by atoms with Gasteiger partial charge in [0.25, 0.3) is 0 Å². The van der Waals surface area contributed by atoms with Gasteiger partial charge < -0.3 is 0 Å². The Morgan fingerprint density at radius 3 is 2.64 bits per heavy atom. The average molecular weight is 400 g/mol. The third kappa shape index (κ3) is 2.94. The molecule has 144 valence electrons. The van der Waals surface area contributed by atoms with Crippen molar-refractivity contribution in [3.8, 4) is 0 Å². The predicted molar refractivity (Wildman–Crippen MR) is 104 cm³/mol. The first-order valence-electron chi connectivity index (χ1n) is 8.94. The van der Waals surface area contributed by atoms with Crippen molar-refractivity contribution < 1.29 is 18.4 Å². The van der Waals surface area contributed by atoms with Gasteiger partial charge in [0, 0.05) is 18.4 Å². The van der Waals surface area contributed by atoms with E-state index in [1.54, 1.807) is 0 Å². The van der Waals surface area contributed by atoms with Gasteiger partial charge in [0.15, 0.2) is 0 Å². The number of ketones is 1. The maximum Gasteiger partial charge on any atom is 0.241 e. The molecule has 0 fully saturated rings. The summed E-state index contributed by atoms with van der Waals surface area (Å²) in [6, 6.07) is 10.8. The maximum absolute atomic E-state index is 14.4. The summed E-state index contributed by atoms with van der Waals surface area (Å²) in [6.45, 7) is 2.93. The van der Waals surface area contributed by atoms with Crippen LogP contribution in [0.5, 0.6) is 0 Å². The number of halogens is 2. The minimum atomic E-state index is -0.953. The van der Waals surface area contributed by atoms with Crippen LogP contribution in [-0.4, -0.2) is 21.7 Å². The third-order valence-electron chi connectivity index (χ3n) is 5.26. The molecule has 0 saturated carbocycles. The summed E-state index contributed by atoms with van der Waals surface area (Å²) in [4.78, 5) is 23.7. The van der Waals surface area contributed by atoms with Crippen LogP contribution < -0.4 is 0 Å². The van der Waals surface area contributed by atoms with E-state index in [9.17, 15) is 18.4 Å². The lowest BCUT2D eigenvalue weighted by Crippen LogP contribution is -2.46. The molecule has 0 bridgehead atoms.